The second-order valence-electron chi connectivity index (χ2n) is 6.26. The molecule has 1 heterocycles. The van der Waals surface area contributed by atoms with E-state index < -0.39 is 0 Å². The third-order valence-corrected chi connectivity index (χ3v) is 4.43. The molecule has 0 radical (unpaired) electrons. The summed E-state index contributed by atoms with van der Waals surface area (Å²) in [6, 6.07) is 6.94. The Hall–Kier alpha value is -0.930. The van der Waals surface area contributed by atoms with Gasteiger partial charge in [0.15, 0.2) is 0 Å². The third kappa shape index (κ3) is 3.77. The van der Waals surface area contributed by atoms with Crippen LogP contribution in [0.4, 0.5) is 0 Å². The number of nitrogens with two attached hydrogens (primary N) is 1. The molecule has 106 valence electrons. The number of rotatable bonds is 4. The lowest BCUT2D eigenvalue weighted by atomic mass is 9.76. The Morgan fingerprint density at radius 1 is 1.32 bits per heavy atom. The first kappa shape index (κ1) is 14.5. The minimum absolute atomic E-state index is 0.312. The van der Waals surface area contributed by atoms with E-state index in [0.29, 0.717) is 18.0 Å². The first-order chi connectivity index (χ1) is 9.08. The molecular weight excluding hydrogens is 234 g/mol. The van der Waals surface area contributed by atoms with E-state index >= 15 is 0 Å². The molecule has 1 saturated carbocycles. The average Bonchev–Trinajstić information content (AvgIpc) is 2.36. The van der Waals surface area contributed by atoms with Crippen molar-refractivity contribution in [3.8, 4) is 0 Å². The maximum Gasteiger partial charge on any atom is 0.0416 e. The fourth-order valence-corrected chi connectivity index (χ4v) is 3.64. The summed E-state index contributed by atoms with van der Waals surface area (Å²) < 4.78 is 0. The molecule has 1 fully saturated rings. The number of hydrogen-bond donors (Lipinski definition) is 1. The van der Waals surface area contributed by atoms with Gasteiger partial charge in [0.25, 0.3) is 0 Å². The Morgan fingerprint density at radius 3 is 2.74 bits per heavy atom. The van der Waals surface area contributed by atoms with Gasteiger partial charge in [0.05, 0.1) is 0 Å². The molecule has 4 atom stereocenters. The molecule has 1 aromatic rings. The molecule has 0 saturated heterocycles. The van der Waals surface area contributed by atoms with E-state index in [1.54, 1.807) is 0 Å². The smallest absolute Gasteiger partial charge is 0.0416 e. The third-order valence-electron chi connectivity index (χ3n) is 4.43. The van der Waals surface area contributed by atoms with E-state index in [1.807, 2.05) is 12.3 Å². The van der Waals surface area contributed by atoms with Crippen molar-refractivity contribution in [2.24, 2.45) is 17.6 Å². The van der Waals surface area contributed by atoms with Gasteiger partial charge in [-0.2, -0.15) is 0 Å². The maximum absolute atomic E-state index is 6.37. The van der Waals surface area contributed by atoms with Gasteiger partial charge in [0, 0.05) is 36.9 Å². The summed E-state index contributed by atoms with van der Waals surface area (Å²) in [6.07, 6.45) is 5.32. The molecule has 0 aliphatic heterocycles. The standard InChI is InChI=1S/C16H27N3/c1-12-10-13(2)16(15(17)11-12)19(3)9-7-14-6-4-5-8-18-14/h4-6,8,12-13,15-16H,7,9-11,17H2,1-3H3. The van der Waals surface area contributed by atoms with Crippen molar-refractivity contribution in [2.45, 2.75) is 45.2 Å². The Balaban J connectivity index is 1.90. The van der Waals surface area contributed by atoms with Crippen LogP contribution in [0.2, 0.25) is 0 Å². The van der Waals surface area contributed by atoms with Crippen molar-refractivity contribution in [3.05, 3.63) is 30.1 Å². The molecule has 2 N–H and O–H groups in total. The van der Waals surface area contributed by atoms with Gasteiger partial charge in [-0.1, -0.05) is 19.9 Å². The van der Waals surface area contributed by atoms with E-state index in [0.717, 1.165) is 25.3 Å². The van der Waals surface area contributed by atoms with E-state index in [1.165, 1.54) is 12.1 Å². The lowest BCUT2D eigenvalue weighted by Gasteiger charge is -2.43. The lowest BCUT2D eigenvalue weighted by Crippen LogP contribution is -2.54. The summed E-state index contributed by atoms with van der Waals surface area (Å²) in [7, 11) is 2.21. The molecule has 2 rings (SSSR count). The highest BCUT2D eigenvalue weighted by Gasteiger charge is 2.34. The fraction of sp³-hybridized carbons (Fsp3) is 0.688. The SMILES string of the molecule is CC1CC(C)C(N(C)CCc2ccccn2)C(N)C1. The van der Waals surface area contributed by atoms with Gasteiger partial charge >= 0.3 is 0 Å². The van der Waals surface area contributed by atoms with Crippen LogP contribution in [0.5, 0.6) is 0 Å². The average molecular weight is 261 g/mol. The Bertz CT molecular complexity index is 367. The molecule has 1 aliphatic carbocycles. The van der Waals surface area contributed by atoms with Crippen LogP contribution < -0.4 is 5.73 Å². The minimum Gasteiger partial charge on any atom is -0.326 e. The minimum atomic E-state index is 0.312. The zero-order chi connectivity index (χ0) is 13.8. The largest absolute Gasteiger partial charge is 0.326 e. The Labute approximate surface area is 117 Å². The molecule has 19 heavy (non-hydrogen) atoms. The van der Waals surface area contributed by atoms with Gasteiger partial charge < -0.3 is 10.6 Å². The van der Waals surface area contributed by atoms with Gasteiger partial charge in [-0.3, -0.25) is 4.98 Å². The van der Waals surface area contributed by atoms with Crippen molar-refractivity contribution in [2.75, 3.05) is 13.6 Å². The van der Waals surface area contributed by atoms with Gasteiger partial charge in [-0.05, 0) is 43.9 Å². The molecule has 0 amide bonds. The number of likely N-dealkylation sites (N-methyl/N-ethyl adjacent to an activating group) is 1. The number of nitrogens with zero attached hydrogens (tertiary/aromatic N) is 2. The van der Waals surface area contributed by atoms with Gasteiger partial charge in [0.2, 0.25) is 0 Å². The molecule has 1 aromatic heterocycles. The number of pyridine rings is 1. The predicted molar refractivity (Wildman–Crippen MR) is 79.9 cm³/mol. The predicted octanol–water partition coefficient (Wildman–Crippen LogP) is 2.32. The van der Waals surface area contributed by atoms with E-state index in [9.17, 15) is 0 Å². The molecule has 4 unspecified atom stereocenters. The van der Waals surface area contributed by atoms with Crippen LogP contribution in [0.15, 0.2) is 24.4 Å². The molecule has 3 nitrogen and oxygen atoms in total. The van der Waals surface area contributed by atoms with Gasteiger partial charge in [-0.25, -0.2) is 0 Å². The summed E-state index contributed by atoms with van der Waals surface area (Å²) >= 11 is 0. The molecule has 3 heteroatoms. The van der Waals surface area contributed by atoms with Crippen molar-refractivity contribution >= 4 is 0 Å². The lowest BCUT2D eigenvalue weighted by molar-refractivity contribution is 0.0971. The maximum atomic E-state index is 6.37. The normalized spacial score (nSPS) is 31.6. The summed E-state index contributed by atoms with van der Waals surface area (Å²) in [6.45, 7) is 5.70. The summed E-state index contributed by atoms with van der Waals surface area (Å²) in [4.78, 5) is 6.83. The Morgan fingerprint density at radius 2 is 2.11 bits per heavy atom. The van der Waals surface area contributed by atoms with E-state index in [4.69, 9.17) is 5.73 Å². The second-order valence-corrected chi connectivity index (χ2v) is 6.26. The first-order valence-corrected chi connectivity index (χ1v) is 7.43. The van der Waals surface area contributed by atoms with Gasteiger partial charge in [-0.15, -0.1) is 0 Å². The molecule has 0 bridgehead atoms. The van der Waals surface area contributed by atoms with Crippen molar-refractivity contribution in [3.63, 3.8) is 0 Å². The van der Waals surface area contributed by atoms with Crippen LogP contribution in [0.1, 0.15) is 32.4 Å². The summed E-state index contributed by atoms with van der Waals surface area (Å²) in [5, 5.41) is 0. The van der Waals surface area contributed by atoms with Crippen LogP contribution in [-0.2, 0) is 6.42 Å². The highest BCUT2D eigenvalue weighted by Crippen LogP contribution is 2.30. The monoisotopic (exact) mass is 261 g/mol. The molecule has 0 spiro atoms. The summed E-state index contributed by atoms with van der Waals surface area (Å²) in [5.74, 6) is 1.46. The first-order valence-electron chi connectivity index (χ1n) is 7.43. The Kier molecular flexibility index (Phi) is 4.94. The van der Waals surface area contributed by atoms with Crippen molar-refractivity contribution in [1.29, 1.82) is 0 Å². The highest BCUT2D eigenvalue weighted by atomic mass is 15.2. The quantitative estimate of drug-likeness (QED) is 0.904. The van der Waals surface area contributed by atoms with E-state index in [-0.39, 0.29) is 0 Å². The van der Waals surface area contributed by atoms with Crippen molar-refractivity contribution in [1.82, 2.24) is 9.88 Å². The topological polar surface area (TPSA) is 42.2 Å². The van der Waals surface area contributed by atoms with Crippen LogP contribution in [0.25, 0.3) is 0 Å². The van der Waals surface area contributed by atoms with E-state index in [2.05, 4.69) is 42.9 Å². The number of aromatic nitrogens is 1. The zero-order valence-electron chi connectivity index (χ0n) is 12.4. The summed E-state index contributed by atoms with van der Waals surface area (Å²) in [5.41, 5.74) is 7.54. The molecule has 1 aliphatic rings. The zero-order valence-corrected chi connectivity index (χ0v) is 12.4. The van der Waals surface area contributed by atoms with Crippen LogP contribution in [0.3, 0.4) is 0 Å². The number of hydrogen-bond acceptors (Lipinski definition) is 3. The molecular formula is C16H27N3. The van der Waals surface area contributed by atoms with Gasteiger partial charge in [0.1, 0.15) is 0 Å². The fourth-order valence-electron chi connectivity index (χ4n) is 3.64. The second kappa shape index (κ2) is 6.49. The van der Waals surface area contributed by atoms with Crippen LogP contribution in [-0.4, -0.2) is 35.6 Å². The molecule has 0 aromatic carbocycles. The van der Waals surface area contributed by atoms with Crippen LogP contribution >= 0.6 is 0 Å². The highest BCUT2D eigenvalue weighted by molar-refractivity contribution is 5.04. The van der Waals surface area contributed by atoms with Crippen LogP contribution in [0, 0.1) is 11.8 Å². The van der Waals surface area contributed by atoms with Crippen molar-refractivity contribution < 1.29 is 0 Å².